The van der Waals surface area contributed by atoms with Crippen LogP contribution in [0.4, 0.5) is 0 Å². The molecule has 22 heavy (non-hydrogen) atoms. The van der Waals surface area contributed by atoms with Crippen LogP contribution in [0, 0.1) is 5.92 Å². The van der Waals surface area contributed by atoms with Gasteiger partial charge in [-0.25, -0.2) is 4.57 Å². The lowest BCUT2D eigenvalue weighted by molar-refractivity contribution is 0.0410. The number of ether oxygens (including phenoxy) is 1. The van der Waals surface area contributed by atoms with Gasteiger partial charge in [0.2, 0.25) is 0 Å². The van der Waals surface area contributed by atoms with E-state index in [-0.39, 0.29) is 6.10 Å². The molecular formula is C15H32NO4PS. The first-order valence-electron chi connectivity index (χ1n) is 8.05. The Hall–Kier alpha value is 0.420. The molecule has 0 spiro atoms. The predicted octanol–water partition coefficient (Wildman–Crippen LogP) is 4.04. The maximum Gasteiger partial charge on any atom is 0.389 e. The molecule has 0 bridgehead atoms. The Morgan fingerprint density at radius 3 is 2.32 bits per heavy atom. The van der Waals surface area contributed by atoms with Crippen molar-refractivity contribution < 1.29 is 18.3 Å². The van der Waals surface area contributed by atoms with Gasteiger partial charge in [-0.2, -0.15) is 0 Å². The zero-order chi connectivity index (χ0) is 16.8. The molecule has 132 valence electrons. The first kappa shape index (κ1) is 20.5. The number of morpholine rings is 1. The van der Waals surface area contributed by atoms with Crippen LogP contribution in [-0.4, -0.2) is 55.2 Å². The predicted molar refractivity (Wildman–Crippen MR) is 93.5 cm³/mol. The fourth-order valence-electron chi connectivity index (χ4n) is 1.85. The van der Waals surface area contributed by atoms with Crippen molar-refractivity contribution in [2.24, 2.45) is 5.92 Å². The van der Waals surface area contributed by atoms with E-state index in [0.717, 1.165) is 38.6 Å². The average Bonchev–Trinajstić information content (AvgIpc) is 2.37. The van der Waals surface area contributed by atoms with Crippen molar-refractivity contribution >= 4 is 18.2 Å². The molecule has 0 saturated carbocycles. The van der Waals surface area contributed by atoms with Gasteiger partial charge < -0.3 is 4.74 Å². The Morgan fingerprint density at radius 2 is 1.82 bits per heavy atom. The van der Waals surface area contributed by atoms with Crippen LogP contribution < -0.4 is 0 Å². The zero-order valence-electron chi connectivity index (χ0n) is 14.8. The third-order valence-electron chi connectivity index (χ3n) is 3.38. The van der Waals surface area contributed by atoms with Crippen molar-refractivity contribution in [2.75, 3.05) is 38.6 Å². The van der Waals surface area contributed by atoms with E-state index in [4.69, 9.17) is 13.8 Å². The number of rotatable bonds is 8. The van der Waals surface area contributed by atoms with E-state index in [1.54, 1.807) is 0 Å². The Morgan fingerprint density at radius 1 is 1.23 bits per heavy atom. The fourth-order valence-corrected chi connectivity index (χ4v) is 6.22. The average molecular weight is 353 g/mol. The summed E-state index contributed by atoms with van der Waals surface area (Å²) in [6, 6.07) is 0. The molecule has 5 nitrogen and oxygen atoms in total. The van der Waals surface area contributed by atoms with Crippen LogP contribution in [0.2, 0.25) is 0 Å². The molecule has 1 aliphatic heterocycles. The normalized spacial score (nSPS) is 21.8. The molecule has 1 saturated heterocycles. The van der Waals surface area contributed by atoms with E-state index in [2.05, 4.69) is 18.7 Å². The van der Waals surface area contributed by atoms with E-state index >= 15 is 0 Å². The highest BCUT2D eigenvalue weighted by molar-refractivity contribution is 8.55. The quantitative estimate of drug-likeness (QED) is 0.614. The van der Waals surface area contributed by atoms with Crippen LogP contribution in [0.1, 0.15) is 41.5 Å². The molecule has 0 radical (unpaired) electrons. The third-order valence-corrected chi connectivity index (χ3v) is 7.40. The van der Waals surface area contributed by atoms with E-state index in [1.165, 1.54) is 11.4 Å². The summed E-state index contributed by atoms with van der Waals surface area (Å²) < 4.78 is 30.0. The summed E-state index contributed by atoms with van der Waals surface area (Å²) in [6.07, 6.45) is -0.0935. The van der Waals surface area contributed by atoms with Gasteiger partial charge in [0, 0.05) is 25.4 Å². The van der Waals surface area contributed by atoms with Crippen molar-refractivity contribution in [3.05, 3.63) is 0 Å². The minimum atomic E-state index is -3.16. The smallest absolute Gasteiger partial charge is 0.379 e. The van der Waals surface area contributed by atoms with Gasteiger partial charge in [0.15, 0.2) is 0 Å². The monoisotopic (exact) mass is 353 g/mol. The van der Waals surface area contributed by atoms with Gasteiger partial charge in [-0.15, -0.1) is 0 Å². The molecule has 2 atom stereocenters. The molecule has 0 N–H and O–H groups in total. The van der Waals surface area contributed by atoms with Crippen LogP contribution in [0.15, 0.2) is 0 Å². The maximum absolute atomic E-state index is 13.1. The summed E-state index contributed by atoms with van der Waals surface area (Å²) in [5.74, 6) is 1.04. The molecule has 0 aromatic heterocycles. The highest BCUT2D eigenvalue weighted by Crippen LogP contribution is 2.63. The zero-order valence-corrected chi connectivity index (χ0v) is 16.5. The third kappa shape index (κ3) is 8.32. The molecule has 0 aromatic carbocycles. The van der Waals surface area contributed by atoms with Gasteiger partial charge in [-0.3, -0.25) is 13.9 Å². The summed E-state index contributed by atoms with van der Waals surface area (Å²) in [5.41, 5.74) is -0.488. The highest BCUT2D eigenvalue weighted by Gasteiger charge is 2.34. The van der Waals surface area contributed by atoms with E-state index < -0.39 is 12.4 Å². The minimum Gasteiger partial charge on any atom is -0.379 e. The molecule has 0 amide bonds. The Kier molecular flexibility index (Phi) is 8.42. The number of nitrogens with zero attached hydrogens (tertiary/aromatic N) is 1. The number of hydrogen-bond acceptors (Lipinski definition) is 6. The van der Waals surface area contributed by atoms with Crippen molar-refractivity contribution in [3.63, 3.8) is 0 Å². The second-order valence-corrected chi connectivity index (χ2v) is 11.1. The van der Waals surface area contributed by atoms with E-state index in [0.29, 0.717) is 5.92 Å². The minimum absolute atomic E-state index is 0.0935. The van der Waals surface area contributed by atoms with Crippen molar-refractivity contribution in [2.45, 2.75) is 53.2 Å². The van der Waals surface area contributed by atoms with Gasteiger partial charge in [0.05, 0.1) is 24.9 Å². The summed E-state index contributed by atoms with van der Waals surface area (Å²) in [7, 11) is 0. The molecule has 1 heterocycles. The van der Waals surface area contributed by atoms with Gasteiger partial charge in [0.25, 0.3) is 0 Å². The highest BCUT2D eigenvalue weighted by atomic mass is 32.7. The van der Waals surface area contributed by atoms with Gasteiger partial charge in [0.1, 0.15) is 0 Å². The van der Waals surface area contributed by atoms with Crippen molar-refractivity contribution in [3.8, 4) is 0 Å². The summed E-state index contributed by atoms with van der Waals surface area (Å²) in [5, 5.41) is 0. The van der Waals surface area contributed by atoms with Gasteiger partial charge in [-0.05, 0) is 45.0 Å². The second-order valence-electron chi connectivity index (χ2n) is 6.99. The van der Waals surface area contributed by atoms with Gasteiger partial charge >= 0.3 is 6.80 Å². The molecular weight excluding hydrogens is 321 g/mol. The molecule has 0 aromatic rings. The van der Waals surface area contributed by atoms with Crippen LogP contribution in [0.5, 0.6) is 0 Å². The lowest BCUT2D eigenvalue weighted by atomic mass is 10.1. The maximum atomic E-state index is 13.1. The molecule has 7 heteroatoms. The lowest BCUT2D eigenvalue weighted by Crippen LogP contribution is -2.37. The van der Waals surface area contributed by atoms with Crippen LogP contribution in [0.25, 0.3) is 0 Å². The van der Waals surface area contributed by atoms with Crippen LogP contribution in [0.3, 0.4) is 0 Å². The van der Waals surface area contributed by atoms with E-state index in [1.807, 2.05) is 27.7 Å². The van der Waals surface area contributed by atoms with Crippen molar-refractivity contribution in [1.82, 2.24) is 4.90 Å². The molecule has 1 fully saturated rings. The molecule has 1 aliphatic rings. The summed E-state index contributed by atoms with van der Waals surface area (Å²) in [6.45, 7) is 13.0. The van der Waals surface area contributed by atoms with Crippen LogP contribution >= 0.6 is 18.2 Å². The van der Waals surface area contributed by atoms with Crippen LogP contribution in [-0.2, 0) is 18.3 Å². The molecule has 1 rings (SSSR count). The second kappa shape index (κ2) is 9.05. The topological polar surface area (TPSA) is 48.0 Å². The molecule has 0 aliphatic carbocycles. The first-order chi connectivity index (χ1) is 10.1. The lowest BCUT2D eigenvalue weighted by Gasteiger charge is -2.30. The standard InChI is InChI=1S/C15H32NO4PS/c1-13(2)14(3)19-21(17,20-15(4,5)6)22-12-9-16-7-10-18-11-8-16/h13-14H,7-12H2,1-6H3. The molecule has 2 unspecified atom stereocenters. The SMILES string of the molecule is CC(C)C(C)OP(=O)(OC(C)(C)C)SCCN1CCOCC1. The summed E-state index contributed by atoms with van der Waals surface area (Å²) >= 11 is 1.32. The summed E-state index contributed by atoms with van der Waals surface area (Å²) in [4.78, 5) is 2.32. The Labute approximate surface area is 139 Å². The fraction of sp³-hybridized carbons (Fsp3) is 1.00. The van der Waals surface area contributed by atoms with E-state index in [9.17, 15) is 4.57 Å². The number of hydrogen-bond donors (Lipinski definition) is 0. The largest absolute Gasteiger partial charge is 0.389 e. The Bertz CT molecular complexity index is 367. The van der Waals surface area contributed by atoms with Crippen molar-refractivity contribution in [1.29, 1.82) is 0 Å². The van der Waals surface area contributed by atoms with Gasteiger partial charge in [-0.1, -0.05) is 13.8 Å². The Balaban J connectivity index is 2.54. The first-order valence-corrected chi connectivity index (χ1v) is 11.2.